The second-order valence-electron chi connectivity index (χ2n) is 12.7. The van der Waals surface area contributed by atoms with Crippen LogP contribution in [0.1, 0.15) is 22.9 Å². The number of aliphatic imine (C=N–C) groups is 2. The number of hydrogen-bond donors (Lipinski definition) is 1. The fourth-order valence-electron chi connectivity index (χ4n) is 7.22. The molecule has 8 aromatic carbocycles. The minimum atomic E-state index is -0.333. The van der Waals surface area contributed by atoms with Crippen molar-refractivity contribution in [3.63, 3.8) is 0 Å². The molecular formula is C45H29N3O. The van der Waals surface area contributed by atoms with Crippen molar-refractivity contribution in [1.82, 2.24) is 5.32 Å². The third-order valence-electron chi connectivity index (χ3n) is 9.68. The molecule has 9 aromatic rings. The molecule has 1 aliphatic heterocycles. The molecule has 0 fully saturated rings. The van der Waals surface area contributed by atoms with E-state index in [-0.39, 0.29) is 6.17 Å². The van der Waals surface area contributed by atoms with Gasteiger partial charge >= 0.3 is 0 Å². The van der Waals surface area contributed by atoms with Crippen LogP contribution in [0, 0.1) is 0 Å². The molecule has 0 saturated heterocycles. The number of furan rings is 1. The first-order chi connectivity index (χ1) is 24.2. The highest BCUT2D eigenvalue weighted by atomic mass is 16.3. The summed E-state index contributed by atoms with van der Waals surface area (Å²) < 4.78 is 6.68. The Morgan fingerprint density at radius 1 is 0.490 bits per heavy atom. The van der Waals surface area contributed by atoms with Crippen molar-refractivity contribution in [2.45, 2.75) is 6.17 Å². The lowest BCUT2D eigenvalue weighted by molar-refractivity contribution is 0.669. The number of rotatable bonds is 4. The van der Waals surface area contributed by atoms with E-state index in [4.69, 9.17) is 14.4 Å². The Kier molecular flexibility index (Phi) is 6.21. The Bertz CT molecular complexity index is 2820. The van der Waals surface area contributed by atoms with Crippen molar-refractivity contribution < 1.29 is 4.42 Å². The molecule has 1 unspecified atom stereocenters. The van der Waals surface area contributed by atoms with Crippen molar-refractivity contribution in [2.24, 2.45) is 9.98 Å². The van der Waals surface area contributed by atoms with Gasteiger partial charge in [-0.25, -0.2) is 9.98 Å². The zero-order valence-electron chi connectivity index (χ0n) is 26.5. The number of nitrogens with one attached hydrogen (secondary N) is 1. The zero-order valence-corrected chi connectivity index (χ0v) is 26.5. The Balaban J connectivity index is 1.16. The largest absolute Gasteiger partial charge is 0.455 e. The molecule has 1 aromatic heterocycles. The van der Waals surface area contributed by atoms with Crippen LogP contribution >= 0.6 is 0 Å². The van der Waals surface area contributed by atoms with E-state index in [0.29, 0.717) is 5.84 Å². The smallest absolute Gasteiger partial charge is 0.160 e. The van der Waals surface area contributed by atoms with E-state index < -0.39 is 0 Å². The van der Waals surface area contributed by atoms with Gasteiger partial charge in [-0.05, 0) is 67.7 Å². The van der Waals surface area contributed by atoms with Crippen LogP contribution in [0.2, 0.25) is 0 Å². The summed E-state index contributed by atoms with van der Waals surface area (Å²) in [5, 5.41) is 12.9. The monoisotopic (exact) mass is 627 g/mol. The number of para-hydroxylation sites is 1. The Hall–Kier alpha value is -6.52. The summed E-state index contributed by atoms with van der Waals surface area (Å²) in [6.07, 6.45) is -0.333. The third-order valence-corrected chi connectivity index (χ3v) is 9.68. The highest BCUT2D eigenvalue weighted by Gasteiger charge is 2.24. The van der Waals surface area contributed by atoms with Crippen molar-refractivity contribution in [3.8, 4) is 11.1 Å². The lowest BCUT2D eigenvalue weighted by atomic mass is 9.98. The summed E-state index contributed by atoms with van der Waals surface area (Å²) >= 11 is 0. The van der Waals surface area contributed by atoms with E-state index in [1.54, 1.807) is 0 Å². The summed E-state index contributed by atoms with van der Waals surface area (Å²) in [6, 6.07) is 57.5. The first-order valence-electron chi connectivity index (χ1n) is 16.6. The van der Waals surface area contributed by atoms with Crippen LogP contribution in [0.25, 0.3) is 65.4 Å². The van der Waals surface area contributed by atoms with Gasteiger partial charge in [0.2, 0.25) is 0 Å². The van der Waals surface area contributed by atoms with Gasteiger partial charge in [-0.2, -0.15) is 0 Å². The number of hydrogen-bond acceptors (Lipinski definition) is 4. The highest BCUT2D eigenvalue weighted by Crippen LogP contribution is 2.39. The molecule has 0 spiro atoms. The summed E-state index contributed by atoms with van der Waals surface area (Å²) in [4.78, 5) is 10.5. The number of nitrogens with zero attached hydrogens (tertiary/aromatic N) is 2. The molecule has 0 radical (unpaired) electrons. The second-order valence-corrected chi connectivity index (χ2v) is 12.7. The van der Waals surface area contributed by atoms with Crippen molar-refractivity contribution in [2.75, 3.05) is 0 Å². The van der Waals surface area contributed by atoms with Gasteiger partial charge in [-0.1, -0.05) is 140 Å². The third kappa shape index (κ3) is 4.68. The zero-order chi connectivity index (χ0) is 32.3. The van der Waals surface area contributed by atoms with E-state index in [1.807, 2.05) is 12.1 Å². The molecule has 2 heterocycles. The van der Waals surface area contributed by atoms with Crippen molar-refractivity contribution in [1.29, 1.82) is 0 Å². The predicted molar refractivity (Wildman–Crippen MR) is 204 cm³/mol. The average Bonchev–Trinajstić information content (AvgIpc) is 3.56. The Morgan fingerprint density at radius 2 is 1.08 bits per heavy atom. The van der Waals surface area contributed by atoms with Crippen LogP contribution in [0.15, 0.2) is 178 Å². The molecule has 0 aliphatic carbocycles. The van der Waals surface area contributed by atoms with Gasteiger partial charge < -0.3 is 9.73 Å². The molecule has 1 N–H and O–H groups in total. The number of benzene rings is 8. The normalized spacial score (nSPS) is 14.7. The molecule has 0 amide bonds. The quantitative estimate of drug-likeness (QED) is 0.211. The van der Waals surface area contributed by atoms with Crippen LogP contribution in [0.5, 0.6) is 0 Å². The fraction of sp³-hybridized carbons (Fsp3) is 0.0222. The van der Waals surface area contributed by atoms with Crippen LogP contribution < -0.4 is 5.32 Å². The van der Waals surface area contributed by atoms with Gasteiger partial charge in [0.15, 0.2) is 5.84 Å². The van der Waals surface area contributed by atoms with Crippen LogP contribution in [-0.2, 0) is 0 Å². The maximum atomic E-state index is 6.68. The van der Waals surface area contributed by atoms with Crippen molar-refractivity contribution in [3.05, 3.63) is 180 Å². The molecule has 10 rings (SSSR count). The van der Waals surface area contributed by atoms with Gasteiger partial charge in [0.25, 0.3) is 0 Å². The molecule has 1 aliphatic rings. The molecular weight excluding hydrogens is 599 g/mol. The van der Waals surface area contributed by atoms with Crippen molar-refractivity contribution >= 4 is 65.9 Å². The molecule has 0 bridgehead atoms. The standard InChI is InChI=1S/C45H29N3O/c1-4-12-31-25-34(22-19-28(31)9-1)37-15-7-16-38-41-39(17-8-18-40(41)49-42(37)38)45-47-43(35-23-20-29-10-2-5-13-32(29)26-35)46-44(48-45)36-24-21-30-11-3-6-14-33(30)27-36/h1-27,43H,(H,46,47,48). The van der Waals surface area contributed by atoms with E-state index >= 15 is 0 Å². The topological polar surface area (TPSA) is 49.9 Å². The molecule has 0 saturated carbocycles. The molecule has 4 nitrogen and oxygen atoms in total. The molecule has 4 heteroatoms. The van der Waals surface area contributed by atoms with E-state index in [2.05, 4.69) is 157 Å². The van der Waals surface area contributed by atoms with Gasteiger partial charge in [0.1, 0.15) is 23.2 Å². The summed E-state index contributed by atoms with van der Waals surface area (Å²) in [7, 11) is 0. The minimum absolute atomic E-state index is 0.333. The minimum Gasteiger partial charge on any atom is -0.455 e. The lowest BCUT2D eigenvalue weighted by Gasteiger charge is -2.24. The van der Waals surface area contributed by atoms with E-state index in [1.165, 1.54) is 32.3 Å². The Morgan fingerprint density at radius 3 is 1.82 bits per heavy atom. The summed E-state index contributed by atoms with van der Waals surface area (Å²) in [6.45, 7) is 0. The van der Waals surface area contributed by atoms with Gasteiger partial charge in [0, 0.05) is 27.5 Å². The average molecular weight is 628 g/mol. The number of fused-ring (bicyclic) bond motifs is 6. The van der Waals surface area contributed by atoms with E-state index in [9.17, 15) is 0 Å². The predicted octanol–water partition coefficient (Wildman–Crippen LogP) is 11.2. The summed E-state index contributed by atoms with van der Waals surface area (Å²) in [5.74, 6) is 1.46. The van der Waals surface area contributed by atoms with Crippen LogP contribution in [0.4, 0.5) is 0 Å². The van der Waals surface area contributed by atoms with Crippen LogP contribution in [0.3, 0.4) is 0 Å². The van der Waals surface area contributed by atoms with Crippen LogP contribution in [-0.4, -0.2) is 11.7 Å². The fourth-order valence-corrected chi connectivity index (χ4v) is 7.22. The van der Waals surface area contributed by atoms with Gasteiger partial charge in [0.05, 0.1) is 0 Å². The maximum absolute atomic E-state index is 6.68. The van der Waals surface area contributed by atoms with Gasteiger partial charge in [-0.3, -0.25) is 0 Å². The SMILES string of the molecule is c1ccc2cc(C3=NC(c4cccc5oc6c(-c7ccc8ccccc8c7)cccc6c45)=NC(c4ccc5ccccc5c4)N3)ccc2c1. The first kappa shape index (κ1) is 27.6. The highest BCUT2D eigenvalue weighted by molar-refractivity contribution is 6.23. The summed E-state index contributed by atoms with van der Waals surface area (Å²) in [5.41, 5.74) is 6.89. The molecule has 1 atom stereocenters. The lowest BCUT2D eigenvalue weighted by Crippen LogP contribution is -2.33. The molecule has 230 valence electrons. The number of amidine groups is 2. The molecule has 49 heavy (non-hydrogen) atoms. The van der Waals surface area contributed by atoms with Gasteiger partial charge in [-0.15, -0.1) is 0 Å². The first-order valence-corrected chi connectivity index (χ1v) is 16.6. The van der Waals surface area contributed by atoms with E-state index in [0.717, 1.165) is 55.6 Å². The second kappa shape index (κ2) is 11.0. The Labute approximate surface area is 282 Å². The maximum Gasteiger partial charge on any atom is 0.160 e.